The van der Waals surface area contributed by atoms with Gasteiger partial charge in [0.05, 0.1) is 27.9 Å². The lowest BCUT2D eigenvalue weighted by Crippen LogP contribution is -2.23. The van der Waals surface area contributed by atoms with Crippen LogP contribution >= 0.6 is 23.1 Å². The molecule has 4 aromatic rings. The molecule has 2 aromatic carbocycles. The summed E-state index contributed by atoms with van der Waals surface area (Å²) in [5, 5.41) is 14.3. The number of thiophene rings is 1. The fraction of sp³-hybridized carbons (Fsp3) is 0.286. The molecule has 1 aliphatic carbocycles. The van der Waals surface area contributed by atoms with E-state index in [1.807, 2.05) is 50.2 Å². The molecule has 0 fully saturated rings. The van der Waals surface area contributed by atoms with Gasteiger partial charge in [-0.3, -0.25) is 14.2 Å². The van der Waals surface area contributed by atoms with Gasteiger partial charge in [0.25, 0.3) is 5.56 Å². The van der Waals surface area contributed by atoms with E-state index in [9.17, 15) is 14.9 Å². The van der Waals surface area contributed by atoms with Crippen molar-refractivity contribution in [1.82, 2.24) is 9.55 Å². The molecule has 1 atom stereocenters. The van der Waals surface area contributed by atoms with Crippen LogP contribution in [0.4, 0.5) is 5.00 Å². The van der Waals surface area contributed by atoms with Gasteiger partial charge >= 0.3 is 0 Å². The van der Waals surface area contributed by atoms with Crippen LogP contribution in [0.3, 0.4) is 0 Å². The number of amides is 1. The fourth-order valence-electron chi connectivity index (χ4n) is 4.55. The van der Waals surface area contributed by atoms with E-state index in [1.165, 1.54) is 28.0 Å². The Balaban J connectivity index is 1.45. The third-order valence-electron chi connectivity index (χ3n) is 6.70. The van der Waals surface area contributed by atoms with Crippen molar-refractivity contribution in [3.63, 3.8) is 0 Å². The monoisotopic (exact) mass is 514 g/mol. The Morgan fingerprint density at radius 2 is 2.06 bits per heavy atom. The third-order valence-corrected chi connectivity index (χ3v) is 8.81. The first-order valence-electron chi connectivity index (χ1n) is 11.9. The molecular formula is C28H26N4O2S2. The van der Waals surface area contributed by atoms with Crippen LogP contribution < -0.4 is 10.9 Å². The van der Waals surface area contributed by atoms with Crippen LogP contribution in [0.1, 0.15) is 40.5 Å². The van der Waals surface area contributed by atoms with Crippen molar-refractivity contribution >= 4 is 44.9 Å². The minimum atomic E-state index is -0.225. The van der Waals surface area contributed by atoms with Crippen molar-refractivity contribution in [2.75, 3.05) is 11.1 Å². The second kappa shape index (κ2) is 9.92. The van der Waals surface area contributed by atoms with Crippen molar-refractivity contribution in [3.05, 3.63) is 79.9 Å². The number of fused-ring (bicyclic) bond motifs is 2. The molecule has 0 spiro atoms. The van der Waals surface area contributed by atoms with Crippen LogP contribution in [0.25, 0.3) is 16.6 Å². The lowest BCUT2D eigenvalue weighted by molar-refractivity contribution is -0.113. The van der Waals surface area contributed by atoms with Gasteiger partial charge in [0, 0.05) is 4.88 Å². The highest BCUT2D eigenvalue weighted by Crippen LogP contribution is 2.39. The number of nitrogens with zero attached hydrogens (tertiary/aromatic N) is 3. The van der Waals surface area contributed by atoms with Gasteiger partial charge in [0.15, 0.2) is 5.16 Å². The van der Waals surface area contributed by atoms with Crippen molar-refractivity contribution in [1.29, 1.82) is 5.26 Å². The average molecular weight is 515 g/mol. The van der Waals surface area contributed by atoms with Gasteiger partial charge in [-0.05, 0) is 80.0 Å². The van der Waals surface area contributed by atoms with Crippen LogP contribution in [0.2, 0.25) is 0 Å². The summed E-state index contributed by atoms with van der Waals surface area (Å²) in [4.78, 5) is 32.4. The first kappa shape index (κ1) is 24.3. The second-order valence-electron chi connectivity index (χ2n) is 9.33. The maximum absolute atomic E-state index is 13.5. The predicted molar refractivity (Wildman–Crippen MR) is 146 cm³/mol. The summed E-state index contributed by atoms with van der Waals surface area (Å²) in [5.41, 5.74) is 5.03. The van der Waals surface area contributed by atoms with Gasteiger partial charge in [-0.25, -0.2) is 4.98 Å². The zero-order chi connectivity index (χ0) is 25.4. The molecule has 8 heteroatoms. The smallest absolute Gasteiger partial charge is 0.266 e. The number of nitrogens with one attached hydrogen (secondary N) is 1. The molecule has 0 saturated carbocycles. The zero-order valence-electron chi connectivity index (χ0n) is 20.4. The van der Waals surface area contributed by atoms with E-state index in [2.05, 4.69) is 18.3 Å². The number of thioether (sulfide) groups is 1. The number of nitriles is 1. The molecule has 0 aliphatic heterocycles. The number of aryl methyl sites for hydroxylation is 2. The third kappa shape index (κ3) is 4.57. The molecule has 1 amide bonds. The average Bonchev–Trinajstić information content (AvgIpc) is 3.20. The van der Waals surface area contributed by atoms with Gasteiger partial charge in [-0.1, -0.05) is 36.9 Å². The van der Waals surface area contributed by atoms with E-state index in [0.717, 1.165) is 41.6 Å². The Hall–Kier alpha value is -3.41. The summed E-state index contributed by atoms with van der Waals surface area (Å²) >= 11 is 2.73. The second-order valence-corrected chi connectivity index (χ2v) is 11.4. The Morgan fingerprint density at radius 3 is 2.83 bits per heavy atom. The topological polar surface area (TPSA) is 87.8 Å². The standard InChI is InChI=1S/C28H26N4O2S2/c1-16-8-11-20-22(14-29)26(36-24(20)12-16)31-25(33)15-35-28-30-23-7-5-4-6-21(23)27(34)32(28)19-10-9-17(2)18(3)13-19/h4-7,9-10,13,16H,8,11-12,15H2,1-3H3,(H,31,33). The summed E-state index contributed by atoms with van der Waals surface area (Å²) in [7, 11) is 0. The summed E-state index contributed by atoms with van der Waals surface area (Å²) < 4.78 is 1.58. The number of anilines is 1. The number of hydrogen-bond donors (Lipinski definition) is 1. The lowest BCUT2D eigenvalue weighted by Gasteiger charge is -2.17. The lowest BCUT2D eigenvalue weighted by atomic mass is 9.89. The van der Waals surface area contributed by atoms with Gasteiger partial charge in [0.2, 0.25) is 5.91 Å². The van der Waals surface area contributed by atoms with Crippen LogP contribution in [0.5, 0.6) is 0 Å². The molecule has 1 unspecified atom stereocenters. The van der Waals surface area contributed by atoms with Gasteiger partial charge < -0.3 is 5.32 Å². The van der Waals surface area contributed by atoms with Crippen LogP contribution in [0.15, 0.2) is 52.4 Å². The Bertz CT molecular complexity index is 1600. The normalized spacial score (nSPS) is 14.9. The van der Waals surface area contributed by atoms with Crippen molar-refractivity contribution in [2.24, 2.45) is 5.92 Å². The van der Waals surface area contributed by atoms with E-state index in [-0.39, 0.29) is 17.2 Å². The summed E-state index contributed by atoms with van der Waals surface area (Å²) in [5.74, 6) is 0.430. The van der Waals surface area contributed by atoms with E-state index < -0.39 is 0 Å². The molecule has 2 aromatic heterocycles. The van der Waals surface area contributed by atoms with Crippen molar-refractivity contribution in [3.8, 4) is 11.8 Å². The highest BCUT2D eigenvalue weighted by molar-refractivity contribution is 7.99. The van der Waals surface area contributed by atoms with Crippen molar-refractivity contribution in [2.45, 2.75) is 45.2 Å². The first-order valence-corrected chi connectivity index (χ1v) is 13.7. The molecule has 0 bridgehead atoms. The molecule has 182 valence electrons. The van der Waals surface area contributed by atoms with E-state index in [1.54, 1.807) is 10.6 Å². The summed E-state index contributed by atoms with van der Waals surface area (Å²) in [6, 6.07) is 15.4. The molecular weight excluding hydrogens is 488 g/mol. The molecule has 1 N–H and O–H groups in total. The van der Waals surface area contributed by atoms with E-state index >= 15 is 0 Å². The number of aromatic nitrogens is 2. The molecule has 5 rings (SSSR count). The van der Waals surface area contributed by atoms with E-state index in [0.29, 0.717) is 32.5 Å². The van der Waals surface area contributed by atoms with Gasteiger partial charge in [-0.15, -0.1) is 11.3 Å². The summed E-state index contributed by atoms with van der Waals surface area (Å²) in [6.45, 7) is 6.25. The molecule has 6 nitrogen and oxygen atoms in total. The Labute approximate surface area is 218 Å². The molecule has 2 heterocycles. The quantitative estimate of drug-likeness (QED) is 0.269. The number of carbonyl (C=O) groups is 1. The molecule has 0 saturated heterocycles. The van der Waals surface area contributed by atoms with Gasteiger partial charge in [-0.2, -0.15) is 5.26 Å². The molecule has 1 aliphatic rings. The maximum atomic E-state index is 13.5. The predicted octanol–water partition coefficient (Wildman–Crippen LogP) is 5.79. The fourth-order valence-corrected chi connectivity index (χ4v) is 6.74. The minimum absolute atomic E-state index is 0.0689. The first-order chi connectivity index (χ1) is 17.4. The highest BCUT2D eigenvalue weighted by Gasteiger charge is 2.25. The zero-order valence-corrected chi connectivity index (χ0v) is 22.1. The molecule has 36 heavy (non-hydrogen) atoms. The highest BCUT2D eigenvalue weighted by atomic mass is 32.2. The number of rotatable bonds is 5. The van der Waals surface area contributed by atoms with Gasteiger partial charge in [0.1, 0.15) is 11.1 Å². The largest absolute Gasteiger partial charge is 0.316 e. The maximum Gasteiger partial charge on any atom is 0.266 e. The molecule has 0 radical (unpaired) electrons. The minimum Gasteiger partial charge on any atom is -0.316 e. The van der Waals surface area contributed by atoms with Crippen LogP contribution in [0, 0.1) is 31.1 Å². The number of para-hydroxylation sites is 1. The Kier molecular flexibility index (Phi) is 6.69. The number of carbonyl (C=O) groups excluding carboxylic acids is 1. The van der Waals surface area contributed by atoms with Crippen LogP contribution in [-0.2, 0) is 17.6 Å². The SMILES string of the molecule is Cc1ccc(-n2c(SCC(=O)Nc3sc4c(c3C#N)CCC(C)C4)nc3ccccc3c2=O)cc1C. The van der Waals surface area contributed by atoms with Crippen LogP contribution in [-0.4, -0.2) is 21.2 Å². The Morgan fingerprint density at radius 1 is 1.25 bits per heavy atom. The van der Waals surface area contributed by atoms with E-state index in [4.69, 9.17) is 4.98 Å². The number of benzene rings is 2. The number of hydrogen-bond acceptors (Lipinski definition) is 6. The van der Waals surface area contributed by atoms with Crippen molar-refractivity contribution < 1.29 is 4.79 Å². The summed E-state index contributed by atoms with van der Waals surface area (Å²) in [6.07, 6.45) is 2.89.